The smallest absolute Gasteiger partial charge is 0.129 e. The monoisotopic (exact) mass is 359 g/mol. The van der Waals surface area contributed by atoms with Crippen LogP contribution in [0.1, 0.15) is 18.4 Å². The van der Waals surface area contributed by atoms with Gasteiger partial charge in [-0.2, -0.15) is 0 Å². The van der Waals surface area contributed by atoms with Crippen LogP contribution >= 0.6 is 0 Å². The van der Waals surface area contributed by atoms with E-state index in [9.17, 15) is 5.11 Å². The van der Waals surface area contributed by atoms with Gasteiger partial charge >= 0.3 is 0 Å². The van der Waals surface area contributed by atoms with Crippen molar-refractivity contribution in [1.29, 1.82) is 0 Å². The van der Waals surface area contributed by atoms with Crippen molar-refractivity contribution in [3.8, 4) is 11.5 Å². The number of ether oxygens (including phenoxy) is 1. The van der Waals surface area contributed by atoms with Gasteiger partial charge in [-0.25, -0.2) is 0 Å². The van der Waals surface area contributed by atoms with Crippen LogP contribution in [0, 0.1) is 5.92 Å². The molecule has 138 valence electrons. The Hall–Kier alpha value is -2.78. The summed E-state index contributed by atoms with van der Waals surface area (Å²) in [7, 11) is 0. The second kappa shape index (κ2) is 8.28. The molecule has 27 heavy (non-hydrogen) atoms. The van der Waals surface area contributed by atoms with Crippen LogP contribution in [0.15, 0.2) is 84.9 Å². The predicted molar refractivity (Wildman–Crippen MR) is 109 cm³/mol. The molecular formula is C24H25NO2. The van der Waals surface area contributed by atoms with Gasteiger partial charge in [0.25, 0.3) is 0 Å². The Morgan fingerprint density at radius 2 is 1.52 bits per heavy atom. The van der Waals surface area contributed by atoms with E-state index in [1.807, 2.05) is 48.5 Å². The van der Waals surface area contributed by atoms with Crippen LogP contribution in [-0.4, -0.2) is 17.8 Å². The molecule has 0 radical (unpaired) electrons. The molecule has 1 atom stereocenters. The normalized spacial score (nSPS) is 14.6. The number of para-hydroxylation sites is 1. The van der Waals surface area contributed by atoms with Gasteiger partial charge < -0.3 is 14.7 Å². The Morgan fingerprint density at radius 1 is 0.852 bits per heavy atom. The first kappa shape index (κ1) is 17.6. The van der Waals surface area contributed by atoms with Gasteiger partial charge in [-0.1, -0.05) is 54.6 Å². The molecule has 0 spiro atoms. The summed E-state index contributed by atoms with van der Waals surface area (Å²) in [6.45, 7) is 1.40. The molecule has 0 saturated heterocycles. The van der Waals surface area contributed by atoms with E-state index in [0.29, 0.717) is 12.5 Å². The quantitative estimate of drug-likeness (QED) is 0.596. The van der Waals surface area contributed by atoms with E-state index in [-0.39, 0.29) is 6.10 Å². The average Bonchev–Trinajstić information content (AvgIpc) is 3.55. The van der Waals surface area contributed by atoms with Gasteiger partial charge in [-0.3, -0.25) is 0 Å². The number of benzene rings is 3. The van der Waals surface area contributed by atoms with Gasteiger partial charge in [0, 0.05) is 24.8 Å². The molecule has 0 heterocycles. The molecule has 1 fully saturated rings. The van der Waals surface area contributed by atoms with Crippen molar-refractivity contribution in [3.05, 3.63) is 90.5 Å². The van der Waals surface area contributed by atoms with E-state index < -0.39 is 0 Å². The molecule has 0 amide bonds. The van der Waals surface area contributed by atoms with E-state index >= 15 is 0 Å². The lowest BCUT2D eigenvalue weighted by molar-refractivity contribution is 0.156. The third-order valence-corrected chi connectivity index (χ3v) is 4.95. The van der Waals surface area contributed by atoms with Gasteiger partial charge in [0.15, 0.2) is 0 Å². The van der Waals surface area contributed by atoms with E-state index in [4.69, 9.17) is 4.74 Å². The van der Waals surface area contributed by atoms with Crippen LogP contribution in [0.25, 0.3) is 0 Å². The number of anilines is 1. The van der Waals surface area contributed by atoms with Crippen molar-refractivity contribution in [2.45, 2.75) is 25.5 Å². The molecule has 0 bridgehead atoms. The van der Waals surface area contributed by atoms with E-state index in [1.165, 1.54) is 5.56 Å². The van der Waals surface area contributed by atoms with Gasteiger partial charge in [0.05, 0.1) is 6.10 Å². The van der Waals surface area contributed by atoms with Crippen molar-refractivity contribution < 1.29 is 9.84 Å². The standard InChI is InChI=1S/C24H25NO2/c26-24(20-14-15-20)18-25(17-19-8-3-1-4-9-19)21-10-7-13-23(16-21)27-22-11-5-2-6-12-22/h1-13,16,20,24,26H,14-15,17-18H2. The highest BCUT2D eigenvalue weighted by atomic mass is 16.5. The summed E-state index contributed by atoms with van der Waals surface area (Å²) in [6, 6.07) is 28.3. The van der Waals surface area contributed by atoms with Crippen LogP contribution in [0.3, 0.4) is 0 Å². The van der Waals surface area contributed by atoms with Gasteiger partial charge in [0.1, 0.15) is 11.5 Å². The summed E-state index contributed by atoms with van der Waals surface area (Å²) in [5.41, 5.74) is 2.29. The molecule has 1 aliphatic rings. The van der Waals surface area contributed by atoms with Crippen molar-refractivity contribution in [2.75, 3.05) is 11.4 Å². The zero-order valence-electron chi connectivity index (χ0n) is 15.4. The summed E-state index contributed by atoms with van der Waals surface area (Å²) in [5.74, 6) is 2.08. The zero-order valence-corrected chi connectivity index (χ0v) is 15.4. The lowest BCUT2D eigenvalue weighted by atomic mass is 10.1. The van der Waals surface area contributed by atoms with Crippen LogP contribution < -0.4 is 9.64 Å². The average molecular weight is 359 g/mol. The summed E-state index contributed by atoms with van der Waals surface area (Å²) >= 11 is 0. The number of aliphatic hydroxyl groups is 1. The lowest BCUT2D eigenvalue weighted by Gasteiger charge is -2.28. The van der Waals surface area contributed by atoms with Crippen molar-refractivity contribution in [2.24, 2.45) is 5.92 Å². The van der Waals surface area contributed by atoms with Crippen molar-refractivity contribution in [1.82, 2.24) is 0 Å². The second-order valence-corrected chi connectivity index (χ2v) is 7.18. The second-order valence-electron chi connectivity index (χ2n) is 7.18. The molecule has 3 aromatic rings. The first-order valence-electron chi connectivity index (χ1n) is 9.58. The van der Waals surface area contributed by atoms with Crippen molar-refractivity contribution >= 4 is 5.69 Å². The minimum atomic E-state index is -0.285. The number of nitrogens with zero attached hydrogens (tertiary/aromatic N) is 1. The SMILES string of the molecule is OC(CN(Cc1ccccc1)c1cccc(Oc2ccccc2)c1)C1CC1. The number of hydrogen-bond donors (Lipinski definition) is 1. The highest BCUT2D eigenvalue weighted by Crippen LogP contribution is 2.34. The lowest BCUT2D eigenvalue weighted by Crippen LogP contribution is -2.33. The van der Waals surface area contributed by atoms with Crippen LogP contribution in [-0.2, 0) is 6.54 Å². The maximum absolute atomic E-state index is 10.5. The summed E-state index contributed by atoms with van der Waals surface area (Å²) in [4.78, 5) is 2.25. The molecule has 0 aromatic heterocycles. The van der Waals surface area contributed by atoms with Crippen molar-refractivity contribution in [3.63, 3.8) is 0 Å². The van der Waals surface area contributed by atoms with Crippen LogP contribution in [0.2, 0.25) is 0 Å². The molecule has 0 aliphatic heterocycles. The predicted octanol–water partition coefficient (Wildman–Crippen LogP) is 5.26. The summed E-state index contributed by atoms with van der Waals surface area (Å²) in [5, 5.41) is 10.5. The molecule has 3 nitrogen and oxygen atoms in total. The van der Waals surface area contributed by atoms with E-state index in [1.54, 1.807) is 0 Å². The van der Waals surface area contributed by atoms with Crippen LogP contribution in [0.5, 0.6) is 11.5 Å². The third kappa shape index (κ3) is 4.89. The minimum Gasteiger partial charge on any atom is -0.457 e. The minimum absolute atomic E-state index is 0.285. The highest BCUT2D eigenvalue weighted by molar-refractivity contribution is 5.52. The number of hydrogen-bond acceptors (Lipinski definition) is 3. The number of aliphatic hydroxyl groups excluding tert-OH is 1. The largest absolute Gasteiger partial charge is 0.457 e. The maximum atomic E-state index is 10.5. The Morgan fingerprint density at radius 3 is 2.22 bits per heavy atom. The molecule has 4 rings (SSSR count). The Balaban J connectivity index is 1.55. The Labute approximate surface area is 160 Å². The fourth-order valence-electron chi connectivity index (χ4n) is 3.29. The molecule has 1 unspecified atom stereocenters. The molecule has 3 aromatic carbocycles. The topological polar surface area (TPSA) is 32.7 Å². The fourth-order valence-corrected chi connectivity index (χ4v) is 3.29. The van der Waals surface area contributed by atoms with E-state index in [2.05, 4.69) is 41.3 Å². The zero-order chi connectivity index (χ0) is 18.5. The molecule has 1 saturated carbocycles. The third-order valence-electron chi connectivity index (χ3n) is 4.95. The fraction of sp³-hybridized carbons (Fsp3) is 0.250. The highest BCUT2D eigenvalue weighted by Gasteiger charge is 2.31. The first-order chi connectivity index (χ1) is 13.3. The summed E-state index contributed by atoms with van der Waals surface area (Å²) in [6.07, 6.45) is 1.99. The molecule has 1 aliphatic carbocycles. The molecular weight excluding hydrogens is 334 g/mol. The van der Waals surface area contributed by atoms with E-state index in [0.717, 1.165) is 36.6 Å². The maximum Gasteiger partial charge on any atom is 0.129 e. The van der Waals surface area contributed by atoms with Gasteiger partial charge in [0.2, 0.25) is 0 Å². The Bertz CT molecular complexity index is 847. The van der Waals surface area contributed by atoms with Gasteiger partial charge in [-0.15, -0.1) is 0 Å². The Kier molecular flexibility index (Phi) is 5.40. The molecule has 3 heteroatoms. The molecule has 1 N–H and O–H groups in total. The van der Waals surface area contributed by atoms with Crippen LogP contribution in [0.4, 0.5) is 5.69 Å². The van der Waals surface area contributed by atoms with Gasteiger partial charge in [-0.05, 0) is 48.6 Å². The number of rotatable bonds is 8. The first-order valence-corrected chi connectivity index (χ1v) is 9.58. The summed E-state index contributed by atoms with van der Waals surface area (Å²) < 4.78 is 5.99.